The Morgan fingerprint density at radius 3 is 2.52 bits per heavy atom. The van der Waals surface area contributed by atoms with Gasteiger partial charge in [-0.15, -0.1) is 0 Å². The van der Waals surface area contributed by atoms with Gasteiger partial charge in [0.25, 0.3) is 0 Å². The van der Waals surface area contributed by atoms with Crippen LogP contribution in [0.2, 0.25) is 0 Å². The highest BCUT2D eigenvalue weighted by atomic mass is 16.5. The molecule has 0 aliphatic rings. The second-order valence-electron chi connectivity index (χ2n) is 5.58. The molecule has 0 aliphatic heterocycles. The van der Waals surface area contributed by atoms with Crippen molar-refractivity contribution in [2.75, 3.05) is 27.9 Å². The Hall–Kier alpha value is -1.75. The smallest absolute Gasteiger partial charge is 0.314 e. The Balaban J connectivity index is 2.97. The van der Waals surface area contributed by atoms with Gasteiger partial charge in [-0.05, 0) is 33.9 Å². The van der Waals surface area contributed by atoms with Crippen LogP contribution < -0.4 is 14.8 Å². The Kier molecular flexibility index (Phi) is 6.03. The van der Waals surface area contributed by atoms with E-state index in [2.05, 4.69) is 5.32 Å². The van der Waals surface area contributed by atoms with Crippen molar-refractivity contribution in [2.24, 2.45) is 5.41 Å². The number of hydrogen-bond acceptors (Lipinski definition) is 5. The fourth-order valence-electron chi connectivity index (χ4n) is 1.87. The average molecular weight is 295 g/mol. The van der Waals surface area contributed by atoms with E-state index in [0.717, 1.165) is 5.56 Å². The zero-order valence-corrected chi connectivity index (χ0v) is 13.6. The molecule has 0 radical (unpaired) electrons. The third kappa shape index (κ3) is 4.36. The summed E-state index contributed by atoms with van der Waals surface area (Å²) < 4.78 is 15.9. The number of benzene rings is 1. The monoisotopic (exact) mass is 295 g/mol. The van der Waals surface area contributed by atoms with Crippen molar-refractivity contribution in [3.8, 4) is 11.5 Å². The maximum Gasteiger partial charge on any atom is 0.314 e. The van der Waals surface area contributed by atoms with Crippen LogP contribution in [0.1, 0.15) is 32.4 Å². The first kappa shape index (κ1) is 17.3. The maximum absolute atomic E-state index is 11.7. The van der Waals surface area contributed by atoms with Gasteiger partial charge in [0.2, 0.25) is 0 Å². The second kappa shape index (κ2) is 7.31. The molecule has 1 aromatic rings. The van der Waals surface area contributed by atoms with E-state index in [4.69, 9.17) is 14.2 Å². The Labute approximate surface area is 126 Å². The predicted octanol–water partition coefficient (Wildman–Crippen LogP) is 2.55. The van der Waals surface area contributed by atoms with Crippen LogP contribution in [-0.4, -0.2) is 33.8 Å². The fraction of sp³-hybridized carbons (Fsp3) is 0.562. The molecule has 0 fully saturated rings. The molecule has 5 nitrogen and oxygen atoms in total. The van der Waals surface area contributed by atoms with Crippen LogP contribution in [0.25, 0.3) is 0 Å². The molecule has 0 spiro atoms. The zero-order valence-electron chi connectivity index (χ0n) is 13.6. The third-order valence-corrected chi connectivity index (χ3v) is 3.45. The Bertz CT molecular complexity index is 485. The molecule has 0 heterocycles. The van der Waals surface area contributed by atoms with Crippen molar-refractivity contribution in [1.29, 1.82) is 0 Å². The molecule has 1 atom stereocenters. The van der Waals surface area contributed by atoms with Crippen LogP contribution in [0, 0.1) is 5.41 Å². The lowest BCUT2D eigenvalue weighted by Gasteiger charge is -2.24. The van der Waals surface area contributed by atoms with Gasteiger partial charge in [0.05, 0.1) is 19.6 Å². The highest BCUT2D eigenvalue weighted by Gasteiger charge is 2.30. The molecular weight excluding hydrogens is 270 g/mol. The molecule has 1 N–H and O–H groups in total. The maximum atomic E-state index is 11.7. The first-order chi connectivity index (χ1) is 9.85. The summed E-state index contributed by atoms with van der Waals surface area (Å²) in [7, 11) is 4.87. The van der Waals surface area contributed by atoms with Gasteiger partial charge in [0.1, 0.15) is 18.1 Å². The molecule has 118 valence electrons. The van der Waals surface area contributed by atoms with Crippen molar-refractivity contribution in [3.63, 3.8) is 0 Å². The number of methoxy groups -OCH3 is 2. The number of hydrogen-bond donors (Lipinski definition) is 1. The molecule has 0 aliphatic carbocycles. The largest absolute Gasteiger partial charge is 0.497 e. The molecular formula is C16H25NO4. The number of rotatable bonds is 7. The Morgan fingerprint density at radius 2 is 2.00 bits per heavy atom. The van der Waals surface area contributed by atoms with Gasteiger partial charge >= 0.3 is 5.97 Å². The van der Waals surface area contributed by atoms with Gasteiger partial charge in [-0.2, -0.15) is 0 Å². The lowest BCUT2D eigenvalue weighted by atomic mass is 9.95. The summed E-state index contributed by atoms with van der Waals surface area (Å²) in [6.07, 6.45) is 0. The van der Waals surface area contributed by atoms with E-state index in [1.807, 2.05) is 32.2 Å². The van der Waals surface area contributed by atoms with E-state index in [1.165, 1.54) is 7.11 Å². The summed E-state index contributed by atoms with van der Waals surface area (Å²) in [5.74, 6) is 1.12. The van der Waals surface area contributed by atoms with Gasteiger partial charge in [-0.3, -0.25) is 4.79 Å². The minimum atomic E-state index is -0.710. The zero-order chi connectivity index (χ0) is 16.0. The normalized spacial score (nSPS) is 12.7. The van der Waals surface area contributed by atoms with Crippen molar-refractivity contribution in [3.05, 3.63) is 23.8 Å². The van der Waals surface area contributed by atoms with E-state index in [0.29, 0.717) is 11.5 Å². The summed E-state index contributed by atoms with van der Waals surface area (Å²) in [6.45, 7) is 5.86. The average Bonchev–Trinajstić information content (AvgIpc) is 2.50. The van der Waals surface area contributed by atoms with Crippen LogP contribution in [0.4, 0.5) is 0 Å². The summed E-state index contributed by atoms with van der Waals surface area (Å²) in [6, 6.07) is 5.81. The van der Waals surface area contributed by atoms with E-state index < -0.39 is 5.41 Å². The van der Waals surface area contributed by atoms with Crippen LogP contribution in [0.3, 0.4) is 0 Å². The Morgan fingerprint density at radius 1 is 1.33 bits per heavy atom. The highest BCUT2D eigenvalue weighted by molar-refractivity contribution is 5.75. The van der Waals surface area contributed by atoms with Gasteiger partial charge in [0.15, 0.2) is 0 Å². The van der Waals surface area contributed by atoms with E-state index in [9.17, 15) is 4.79 Å². The first-order valence-corrected chi connectivity index (χ1v) is 6.92. The molecule has 5 heteroatoms. The number of nitrogens with one attached hydrogen (secondary N) is 1. The number of carbonyl (C=O) groups excluding carboxylic acids is 1. The molecule has 0 bridgehead atoms. The van der Waals surface area contributed by atoms with Gasteiger partial charge in [-0.1, -0.05) is 6.07 Å². The molecule has 0 aromatic heterocycles. The molecule has 1 aromatic carbocycles. The molecule has 21 heavy (non-hydrogen) atoms. The minimum absolute atomic E-state index is 0.132. The molecule has 1 rings (SSSR count). The summed E-state index contributed by atoms with van der Waals surface area (Å²) >= 11 is 0. The van der Waals surface area contributed by atoms with Crippen LogP contribution in [0.15, 0.2) is 18.2 Å². The lowest BCUT2D eigenvalue weighted by molar-refractivity contribution is -0.152. The van der Waals surface area contributed by atoms with Crippen LogP contribution in [0.5, 0.6) is 11.5 Å². The topological polar surface area (TPSA) is 56.8 Å². The lowest BCUT2D eigenvalue weighted by Crippen LogP contribution is -2.32. The number of esters is 1. The SMILES string of the molecule is CNC(C)c1ccc(OC)cc1OCC(C)(C)C(=O)OC. The standard InChI is InChI=1S/C16H25NO4/c1-11(17-4)13-8-7-12(19-5)9-14(13)21-10-16(2,3)15(18)20-6/h7-9,11,17H,10H2,1-6H3. The highest BCUT2D eigenvalue weighted by Crippen LogP contribution is 2.31. The second-order valence-corrected chi connectivity index (χ2v) is 5.58. The van der Waals surface area contributed by atoms with E-state index in [1.54, 1.807) is 21.0 Å². The molecule has 0 saturated heterocycles. The molecule has 0 saturated carbocycles. The van der Waals surface area contributed by atoms with Crippen LogP contribution >= 0.6 is 0 Å². The van der Waals surface area contributed by atoms with Gasteiger partial charge < -0.3 is 19.5 Å². The van der Waals surface area contributed by atoms with Crippen molar-refractivity contribution < 1.29 is 19.0 Å². The third-order valence-electron chi connectivity index (χ3n) is 3.45. The quantitative estimate of drug-likeness (QED) is 0.783. The first-order valence-electron chi connectivity index (χ1n) is 6.92. The fourth-order valence-corrected chi connectivity index (χ4v) is 1.87. The van der Waals surface area contributed by atoms with Crippen LogP contribution in [-0.2, 0) is 9.53 Å². The number of carbonyl (C=O) groups is 1. The van der Waals surface area contributed by atoms with Crippen molar-refractivity contribution >= 4 is 5.97 Å². The van der Waals surface area contributed by atoms with E-state index >= 15 is 0 Å². The van der Waals surface area contributed by atoms with Crippen molar-refractivity contribution in [2.45, 2.75) is 26.8 Å². The number of ether oxygens (including phenoxy) is 3. The van der Waals surface area contributed by atoms with Gasteiger partial charge in [-0.25, -0.2) is 0 Å². The molecule has 0 amide bonds. The van der Waals surface area contributed by atoms with Gasteiger partial charge in [0, 0.05) is 17.7 Å². The summed E-state index contributed by atoms with van der Waals surface area (Å²) in [4.78, 5) is 11.7. The summed E-state index contributed by atoms with van der Waals surface area (Å²) in [5.41, 5.74) is 0.303. The van der Waals surface area contributed by atoms with Crippen molar-refractivity contribution in [1.82, 2.24) is 5.32 Å². The summed E-state index contributed by atoms with van der Waals surface area (Å²) in [5, 5.41) is 3.18. The predicted molar refractivity (Wildman–Crippen MR) is 81.8 cm³/mol. The van der Waals surface area contributed by atoms with E-state index in [-0.39, 0.29) is 18.6 Å². The minimum Gasteiger partial charge on any atom is -0.497 e. The molecule has 1 unspecified atom stereocenters.